The fraction of sp³-hybridized carbons (Fsp3) is 0.500. The predicted molar refractivity (Wildman–Crippen MR) is 68.2 cm³/mol. The van der Waals surface area contributed by atoms with Crippen LogP contribution in [0.2, 0.25) is 5.15 Å². The molecule has 0 atom stereocenters. The SMILES string of the molecule is CCOC(=O)c1nc(Cl)ccc1N1CCOCC1. The van der Waals surface area contributed by atoms with Crippen molar-refractivity contribution in [2.24, 2.45) is 0 Å². The Labute approximate surface area is 111 Å². The number of hydrogen-bond acceptors (Lipinski definition) is 5. The van der Waals surface area contributed by atoms with Crippen LogP contribution in [0.5, 0.6) is 0 Å². The summed E-state index contributed by atoms with van der Waals surface area (Å²) in [5.74, 6) is -0.443. The van der Waals surface area contributed by atoms with E-state index in [9.17, 15) is 4.79 Å². The molecule has 0 radical (unpaired) electrons. The molecule has 1 fully saturated rings. The third-order valence-electron chi connectivity index (χ3n) is 2.66. The Morgan fingerprint density at radius 2 is 2.22 bits per heavy atom. The molecular formula is C12H15ClN2O3. The van der Waals surface area contributed by atoms with Crippen molar-refractivity contribution >= 4 is 23.3 Å². The maximum Gasteiger partial charge on any atom is 0.359 e. The second-order valence-electron chi connectivity index (χ2n) is 3.82. The van der Waals surface area contributed by atoms with Crippen molar-refractivity contribution in [3.8, 4) is 0 Å². The topological polar surface area (TPSA) is 51.7 Å². The van der Waals surface area contributed by atoms with Gasteiger partial charge in [-0.15, -0.1) is 0 Å². The molecule has 0 spiro atoms. The number of morpholine rings is 1. The van der Waals surface area contributed by atoms with E-state index in [1.54, 1.807) is 19.1 Å². The first-order chi connectivity index (χ1) is 8.72. The van der Waals surface area contributed by atoms with Gasteiger partial charge in [-0.05, 0) is 19.1 Å². The molecule has 1 aliphatic rings. The smallest absolute Gasteiger partial charge is 0.359 e. The summed E-state index contributed by atoms with van der Waals surface area (Å²) >= 11 is 5.84. The highest BCUT2D eigenvalue weighted by Gasteiger charge is 2.21. The van der Waals surface area contributed by atoms with Gasteiger partial charge in [0, 0.05) is 13.1 Å². The van der Waals surface area contributed by atoms with Gasteiger partial charge >= 0.3 is 5.97 Å². The molecule has 0 saturated carbocycles. The fourth-order valence-corrected chi connectivity index (χ4v) is 1.98. The van der Waals surface area contributed by atoms with E-state index >= 15 is 0 Å². The number of aromatic nitrogens is 1. The molecule has 2 heterocycles. The van der Waals surface area contributed by atoms with Crippen molar-refractivity contribution in [2.45, 2.75) is 6.92 Å². The van der Waals surface area contributed by atoms with Crippen molar-refractivity contribution < 1.29 is 14.3 Å². The lowest BCUT2D eigenvalue weighted by Crippen LogP contribution is -2.37. The van der Waals surface area contributed by atoms with Gasteiger partial charge in [-0.2, -0.15) is 0 Å². The molecule has 0 unspecified atom stereocenters. The van der Waals surface area contributed by atoms with E-state index in [-0.39, 0.29) is 10.8 Å². The number of anilines is 1. The lowest BCUT2D eigenvalue weighted by Gasteiger charge is -2.29. The number of carbonyl (C=O) groups is 1. The number of rotatable bonds is 3. The molecule has 2 rings (SSSR count). The molecular weight excluding hydrogens is 256 g/mol. The normalized spacial score (nSPS) is 15.6. The van der Waals surface area contributed by atoms with E-state index in [1.165, 1.54) is 0 Å². The molecule has 0 aromatic carbocycles. The molecule has 5 nitrogen and oxygen atoms in total. The summed E-state index contributed by atoms with van der Waals surface area (Å²) in [4.78, 5) is 18.0. The number of carbonyl (C=O) groups excluding carboxylic acids is 1. The summed E-state index contributed by atoms with van der Waals surface area (Å²) in [6.45, 7) is 4.83. The monoisotopic (exact) mass is 270 g/mol. The highest BCUT2D eigenvalue weighted by Crippen LogP contribution is 2.23. The maximum atomic E-state index is 11.9. The molecule has 1 aromatic heterocycles. The minimum atomic E-state index is -0.443. The van der Waals surface area contributed by atoms with Crippen LogP contribution in [-0.2, 0) is 9.47 Å². The number of ether oxygens (including phenoxy) is 2. The lowest BCUT2D eigenvalue weighted by molar-refractivity contribution is 0.0519. The number of hydrogen-bond donors (Lipinski definition) is 0. The Kier molecular flexibility index (Phi) is 4.38. The third kappa shape index (κ3) is 2.91. The van der Waals surface area contributed by atoms with Crippen LogP contribution in [0.15, 0.2) is 12.1 Å². The Bertz CT molecular complexity index is 433. The van der Waals surface area contributed by atoms with Crippen molar-refractivity contribution in [1.82, 2.24) is 4.98 Å². The number of nitrogens with zero attached hydrogens (tertiary/aromatic N) is 2. The Balaban J connectivity index is 2.30. The van der Waals surface area contributed by atoms with Crippen LogP contribution < -0.4 is 4.90 Å². The zero-order chi connectivity index (χ0) is 13.0. The number of esters is 1. The van der Waals surface area contributed by atoms with Crippen LogP contribution in [0.3, 0.4) is 0 Å². The zero-order valence-corrected chi connectivity index (χ0v) is 10.9. The summed E-state index contributed by atoms with van der Waals surface area (Å²) in [5.41, 5.74) is 1.02. The van der Waals surface area contributed by atoms with Crippen LogP contribution in [0.25, 0.3) is 0 Å². The van der Waals surface area contributed by atoms with Gasteiger partial charge in [-0.3, -0.25) is 0 Å². The summed E-state index contributed by atoms with van der Waals surface area (Å²) < 4.78 is 10.3. The maximum absolute atomic E-state index is 11.9. The number of halogens is 1. The van der Waals surface area contributed by atoms with Crippen LogP contribution in [0.1, 0.15) is 17.4 Å². The summed E-state index contributed by atoms with van der Waals surface area (Å²) in [7, 11) is 0. The summed E-state index contributed by atoms with van der Waals surface area (Å²) in [6, 6.07) is 3.47. The molecule has 0 N–H and O–H groups in total. The first-order valence-electron chi connectivity index (χ1n) is 5.88. The first-order valence-corrected chi connectivity index (χ1v) is 6.26. The lowest BCUT2D eigenvalue weighted by atomic mass is 10.2. The van der Waals surface area contributed by atoms with Crippen LogP contribution in [0.4, 0.5) is 5.69 Å². The molecule has 1 saturated heterocycles. The molecule has 6 heteroatoms. The standard InChI is InChI=1S/C12H15ClN2O3/c1-2-18-12(16)11-9(3-4-10(13)14-11)15-5-7-17-8-6-15/h3-4H,2,5-8H2,1H3. The molecule has 1 aromatic rings. The van der Waals surface area contributed by atoms with Crippen LogP contribution >= 0.6 is 11.6 Å². The molecule has 0 amide bonds. The van der Waals surface area contributed by atoms with E-state index in [0.717, 1.165) is 18.8 Å². The van der Waals surface area contributed by atoms with E-state index in [4.69, 9.17) is 21.1 Å². The number of pyridine rings is 1. The minimum absolute atomic E-state index is 0.270. The average Bonchev–Trinajstić information content (AvgIpc) is 2.40. The Hall–Kier alpha value is -1.33. The van der Waals surface area contributed by atoms with Gasteiger partial charge in [0.05, 0.1) is 25.5 Å². The van der Waals surface area contributed by atoms with E-state index in [2.05, 4.69) is 9.88 Å². The average molecular weight is 271 g/mol. The largest absolute Gasteiger partial charge is 0.461 e. The summed E-state index contributed by atoms with van der Waals surface area (Å²) in [5, 5.41) is 0.287. The zero-order valence-electron chi connectivity index (χ0n) is 10.2. The van der Waals surface area contributed by atoms with Crippen LogP contribution in [-0.4, -0.2) is 43.9 Å². The van der Waals surface area contributed by atoms with Gasteiger partial charge in [0.15, 0.2) is 5.69 Å². The van der Waals surface area contributed by atoms with Gasteiger partial charge < -0.3 is 14.4 Å². The summed E-state index contributed by atoms with van der Waals surface area (Å²) in [6.07, 6.45) is 0. The van der Waals surface area contributed by atoms with Gasteiger partial charge in [0.1, 0.15) is 5.15 Å². The third-order valence-corrected chi connectivity index (χ3v) is 2.87. The van der Waals surface area contributed by atoms with E-state index < -0.39 is 5.97 Å². The van der Waals surface area contributed by atoms with Gasteiger partial charge in [0.2, 0.25) is 0 Å². The van der Waals surface area contributed by atoms with Crippen molar-refractivity contribution in [2.75, 3.05) is 37.8 Å². The van der Waals surface area contributed by atoms with Crippen LogP contribution in [0, 0.1) is 0 Å². The van der Waals surface area contributed by atoms with Crippen molar-refractivity contribution in [3.05, 3.63) is 23.0 Å². The van der Waals surface area contributed by atoms with Gasteiger partial charge in [-0.25, -0.2) is 9.78 Å². The molecule has 0 aliphatic carbocycles. The van der Waals surface area contributed by atoms with E-state index in [1.807, 2.05) is 0 Å². The Morgan fingerprint density at radius 1 is 1.50 bits per heavy atom. The second kappa shape index (κ2) is 6.02. The minimum Gasteiger partial charge on any atom is -0.461 e. The Morgan fingerprint density at radius 3 is 2.89 bits per heavy atom. The highest BCUT2D eigenvalue weighted by molar-refractivity contribution is 6.29. The molecule has 18 heavy (non-hydrogen) atoms. The molecule has 98 valence electrons. The van der Waals surface area contributed by atoms with Crippen molar-refractivity contribution in [1.29, 1.82) is 0 Å². The van der Waals surface area contributed by atoms with Gasteiger partial charge in [0.25, 0.3) is 0 Å². The highest BCUT2D eigenvalue weighted by atomic mass is 35.5. The van der Waals surface area contributed by atoms with Crippen molar-refractivity contribution in [3.63, 3.8) is 0 Å². The molecule has 0 bridgehead atoms. The van der Waals surface area contributed by atoms with Gasteiger partial charge in [-0.1, -0.05) is 11.6 Å². The fourth-order valence-electron chi connectivity index (χ4n) is 1.84. The quantitative estimate of drug-likeness (QED) is 0.619. The van der Waals surface area contributed by atoms with E-state index in [0.29, 0.717) is 19.8 Å². The molecule has 1 aliphatic heterocycles. The first kappa shape index (κ1) is 13.1. The predicted octanol–water partition coefficient (Wildman–Crippen LogP) is 1.75. The second-order valence-corrected chi connectivity index (χ2v) is 4.21.